The molecule has 2 N–H and O–H groups in total. The molecule has 2 aromatic rings. The SMILES string of the molecule is Cc1noc(C)c1CC(C)C(=O)NC(CCCO)c1ccccc1. The lowest BCUT2D eigenvalue weighted by Gasteiger charge is -2.21. The summed E-state index contributed by atoms with van der Waals surface area (Å²) in [5.74, 6) is 0.593. The number of benzene rings is 1. The molecule has 0 saturated heterocycles. The molecule has 1 amide bonds. The molecular formula is C19H26N2O3. The average molecular weight is 330 g/mol. The molecule has 1 heterocycles. The minimum atomic E-state index is -0.179. The summed E-state index contributed by atoms with van der Waals surface area (Å²) < 4.78 is 5.17. The van der Waals surface area contributed by atoms with Gasteiger partial charge in [-0.15, -0.1) is 0 Å². The number of nitrogens with one attached hydrogen (secondary N) is 1. The standard InChI is InChI=1S/C19H26N2O3/c1-13(12-17-14(2)21-24-15(17)3)19(23)20-18(10-7-11-22)16-8-5-4-6-9-16/h4-6,8-9,13,18,22H,7,10-12H2,1-3H3,(H,20,23). The first kappa shape index (κ1) is 18.2. The molecule has 1 aromatic heterocycles. The first-order chi connectivity index (χ1) is 11.5. The van der Waals surface area contributed by atoms with Crippen LogP contribution in [0.3, 0.4) is 0 Å². The smallest absolute Gasteiger partial charge is 0.223 e. The maximum Gasteiger partial charge on any atom is 0.223 e. The Morgan fingerprint density at radius 2 is 2.00 bits per heavy atom. The van der Waals surface area contributed by atoms with Gasteiger partial charge < -0.3 is 14.9 Å². The summed E-state index contributed by atoms with van der Waals surface area (Å²) in [6.07, 6.45) is 1.97. The van der Waals surface area contributed by atoms with Gasteiger partial charge in [0.05, 0.1) is 11.7 Å². The summed E-state index contributed by atoms with van der Waals surface area (Å²) >= 11 is 0. The Labute approximate surface area is 143 Å². The van der Waals surface area contributed by atoms with Crippen LogP contribution < -0.4 is 5.32 Å². The lowest BCUT2D eigenvalue weighted by molar-refractivity contribution is -0.125. The van der Waals surface area contributed by atoms with E-state index in [4.69, 9.17) is 9.63 Å². The number of carbonyl (C=O) groups excluding carboxylic acids is 1. The van der Waals surface area contributed by atoms with Crippen LogP contribution in [0.1, 0.15) is 48.4 Å². The Hall–Kier alpha value is -2.14. The van der Waals surface area contributed by atoms with E-state index in [1.54, 1.807) is 0 Å². The van der Waals surface area contributed by atoms with Crippen molar-refractivity contribution in [3.63, 3.8) is 0 Å². The largest absolute Gasteiger partial charge is 0.396 e. The summed E-state index contributed by atoms with van der Waals surface area (Å²) in [5, 5.41) is 16.2. The number of hydrogen-bond acceptors (Lipinski definition) is 4. The predicted octanol–water partition coefficient (Wildman–Crippen LogP) is 3.10. The number of aryl methyl sites for hydroxylation is 2. The normalized spacial score (nSPS) is 13.5. The zero-order chi connectivity index (χ0) is 17.5. The number of amides is 1. The summed E-state index contributed by atoms with van der Waals surface area (Å²) in [5.41, 5.74) is 2.90. The molecule has 0 aliphatic heterocycles. The fourth-order valence-corrected chi connectivity index (χ4v) is 2.81. The number of aliphatic hydroxyl groups excluding tert-OH is 1. The zero-order valence-electron chi connectivity index (χ0n) is 14.6. The maximum atomic E-state index is 12.6. The Balaban J connectivity index is 2.03. The van der Waals surface area contributed by atoms with Gasteiger partial charge in [0.1, 0.15) is 5.76 Å². The van der Waals surface area contributed by atoms with E-state index in [0.717, 1.165) is 22.6 Å². The van der Waals surface area contributed by atoms with Crippen LogP contribution >= 0.6 is 0 Å². The highest BCUT2D eigenvalue weighted by molar-refractivity contribution is 5.79. The van der Waals surface area contributed by atoms with E-state index in [-0.39, 0.29) is 24.5 Å². The van der Waals surface area contributed by atoms with Gasteiger partial charge in [0.15, 0.2) is 0 Å². The van der Waals surface area contributed by atoms with Crippen molar-refractivity contribution < 1.29 is 14.4 Å². The van der Waals surface area contributed by atoms with Gasteiger partial charge in [-0.05, 0) is 38.7 Å². The summed E-state index contributed by atoms with van der Waals surface area (Å²) in [4.78, 5) is 12.6. The van der Waals surface area contributed by atoms with Gasteiger partial charge in [-0.25, -0.2) is 0 Å². The van der Waals surface area contributed by atoms with E-state index in [0.29, 0.717) is 19.3 Å². The van der Waals surface area contributed by atoms with Gasteiger partial charge in [-0.1, -0.05) is 42.4 Å². The third-order valence-corrected chi connectivity index (χ3v) is 4.31. The van der Waals surface area contributed by atoms with E-state index >= 15 is 0 Å². The van der Waals surface area contributed by atoms with Crippen molar-refractivity contribution in [1.82, 2.24) is 10.5 Å². The lowest BCUT2D eigenvalue weighted by Crippen LogP contribution is -2.34. The van der Waals surface area contributed by atoms with Crippen LogP contribution in [0.15, 0.2) is 34.9 Å². The van der Waals surface area contributed by atoms with Gasteiger partial charge in [-0.2, -0.15) is 0 Å². The Morgan fingerprint density at radius 1 is 1.29 bits per heavy atom. The molecule has 5 heteroatoms. The number of hydrogen-bond donors (Lipinski definition) is 2. The quantitative estimate of drug-likeness (QED) is 0.780. The number of carbonyl (C=O) groups is 1. The topological polar surface area (TPSA) is 75.4 Å². The molecule has 0 bridgehead atoms. The highest BCUT2D eigenvalue weighted by Crippen LogP contribution is 2.21. The molecule has 1 aromatic carbocycles. The van der Waals surface area contributed by atoms with Gasteiger partial charge in [0.2, 0.25) is 5.91 Å². The van der Waals surface area contributed by atoms with Crippen molar-refractivity contribution in [1.29, 1.82) is 0 Å². The highest BCUT2D eigenvalue weighted by atomic mass is 16.5. The highest BCUT2D eigenvalue weighted by Gasteiger charge is 2.21. The molecule has 0 aliphatic carbocycles. The molecule has 5 nitrogen and oxygen atoms in total. The minimum absolute atomic E-state index is 0.00166. The van der Waals surface area contributed by atoms with Crippen LogP contribution in [0.2, 0.25) is 0 Å². The second-order valence-electron chi connectivity index (χ2n) is 6.25. The number of nitrogens with zero attached hydrogens (tertiary/aromatic N) is 1. The van der Waals surface area contributed by atoms with E-state index in [1.165, 1.54) is 0 Å². The molecule has 0 aliphatic rings. The second kappa shape index (κ2) is 8.64. The van der Waals surface area contributed by atoms with E-state index in [9.17, 15) is 4.79 Å². The molecule has 0 spiro atoms. The third-order valence-electron chi connectivity index (χ3n) is 4.31. The average Bonchev–Trinajstić information content (AvgIpc) is 2.91. The molecule has 0 saturated carbocycles. The lowest BCUT2D eigenvalue weighted by atomic mass is 9.97. The number of aliphatic hydroxyl groups is 1. The molecule has 0 radical (unpaired) electrons. The zero-order valence-corrected chi connectivity index (χ0v) is 14.6. The molecule has 130 valence electrons. The Kier molecular flexibility index (Phi) is 6.55. The monoisotopic (exact) mass is 330 g/mol. The molecular weight excluding hydrogens is 304 g/mol. The van der Waals surface area contributed by atoms with Crippen molar-refractivity contribution in [2.75, 3.05) is 6.61 Å². The second-order valence-corrected chi connectivity index (χ2v) is 6.25. The summed E-state index contributed by atoms with van der Waals surface area (Å²) in [6.45, 7) is 5.79. The van der Waals surface area contributed by atoms with Crippen molar-refractivity contribution in [2.24, 2.45) is 5.92 Å². The maximum absolute atomic E-state index is 12.6. The first-order valence-electron chi connectivity index (χ1n) is 8.40. The van der Waals surface area contributed by atoms with Crippen molar-refractivity contribution >= 4 is 5.91 Å². The fourth-order valence-electron chi connectivity index (χ4n) is 2.81. The van der Waals surface area contributed by atoms with Gasteiger partial charge >= 0.3 is 0 Å². The van der Waals surface area contributed by atoms with Crippen LogP contribution in [-0.4, -0.2) is 22.8 Å². The van der Waals surface area contributed by atoms with Crippen molar-refractivity contribution in [3.8, 4) is 0 Å². The van der Waals surface area contributed by atoms with Crippen LogP contribution in [0, 0.1) is 19.8 Å². The van der Waals surface area contributed by atoms with Crippen LogP contribution in [0.5, 0.6) is 0 Å². The van der Waals surface area contributed by atoms with E-state index < -0.39 is 0 Å². The van der Waals surface area contributed by atoms with E-state index in [1.807, 2.05) is 51.1 Å². The molecule has 24 heavy (non-hydrogen) atoms. The van der Waals surface area contributed by atoms with Crippen molar-refractivity contribution in [3.05, 3.63) is 52.9 Å². The van der Waals surface area contributed by atoms with E-state index in [2.05, 4.69) is 10.5 Å². The predicted molar refractivity (Wildman–Crippen MR) is 92.5 cm³/mol. The Morgan fingerprint density at radius 3 is 2.58 bits per heavy atom. The molecule has 0 fully saturated rings. The summed E-state index contributed by atoms with van der Waals surface area (Å²) in [6, 6.07) is 9.79. The van der Waals surface area contributed by atoms with Gasteiger partial charge in [0.25, 0.3) is 0 Å². The number of rotatable bonds is 8. The fraction of sp³-hybridized carbons (Fsp3) is 0.474. The Bertz CT molecular complexity index is 632. The molecule has 2 unspecified atom stereocenters. The molecule has 2 atom stereocenters. The van der Waals surface area contributed by atoms with Gasteiger partial charge in [0, 0.05) is 18.1 Å². The van der Waals surface area contributed by atoms with Crippen LogP contribution in [0.4, 0.5) is 0 Å². The molecule has 2 rings (SSSR count). The van der Waals surface area contributed by atoms with Crippen LogP contribution in [-0.2, 0) is 11.2 Å². The minimum Gasteiger partial charge on any atom is -0.396 e. The number of aromatic nitrogens is 1. The van der Waals surface area contributed by atoms with Crippen molar-refractivity contribution in [2.45, 2.75) is 46.1 Å². The summed E-state index contributed by atoms with van der Waals surface area (Å²) in [7, 11) is 0. The first-order valence-corrected chi connectivity index (χ1v) is 8.40. The van der Waals surface area contributed by atoms with Crippen LogP contribution in [0.25, 0.3) is 0 Å². The third kappa shape index (κ3) is 4.68. The van der Waals surface area contributed by atoms with Gasteiger partial charge in [-0.3, -0.25) is 4.79 Å².